The van der Waals surface area contributed by atoms with E-state index in [0.717, 1.165) is 27.8 Å². The summed E-state index contributed by atoms with van der Waals surface area (Å²) in [7, 11) is 1.54. The van der Waals surface area contributed by atoms with Crippen molar-refractivity contribution in [3.05, 3.63) is 45.9 Å². The molecule has 3 heterocycles. The lowest BCUT2D eigenvalue weighted by Crippen LogP contribution is -2.33. The molecule has 1 aliphatic heterocycles. The van der Waals surface area contributed by atoms with Gasteiger partial charge in [0.1, 0.15) is 12.1 Å². The number of carboxylic acids is 1. The first-order chi connectivity index (χ1) is 19.7. The van der Waals surface area contributed by atoms with Crippen LogP contribution in [0, 0.1) is 0 Å². The summed E-state index contributed by atoms with van der Waals surface area (Å²) in [5.41, 5.74) is 7.79. The number of carboxylic acid groups (broad SMARTS) is 1. The van der Waals surface area contributed by atoms with Gasteiger partial charge in [-0.25, -0.2) is 4.79 Å². The fraction of sp³-hybridized carbons (Fsp3) is 0.400. The number of likely N-dealkylation sites (tertiary alicyclic amines) is 1. The second-order valence-electron chi connectivity index (χ2n) is 9.07. The van der Waals surface area contributed by atoms with Gasteiger partial charge < -0.3 is 30.6 Å². The zero-order valence-corrected chi connectivity index (χ0v) is 22.9. The number of aromatic amines is 1. The number of nitrogens with one attached hydrogen (secondary N) is 2. The fourth-order valence-corrected chi connectivity index (χ4v) is 5.04. The Labute approximate surface area is 237 Å². The molecule has 0 aliphatic carbocycles. The van der Waals surface area contributed by atoms with Gasteiger partial charge in [0.25, 0.3) is 0 Å². The minimum Gasteiger partial charge on any atom is -0.481 e. The number of imide groups is 1. The highest BCUT2D eigenvalue weighted by molar-refractivity contribution is 8.01. The Hall–Kier alpha value is -4.44. The van der Waals surface area contributed by atoms with Crippen molar-refractivity contribution in [3.8, 4) is 6.01 Å². The molecule has 0 radical (unpaired) electrons. The number of carbonyl (C=O) groups excluding carboxylic acids is 3. The molecule has 0 saturated carbocycles. The molecule has 3 aromatic rings. The Morgan fingerprint density at radius 2 is 1.90 bits per heavy atom. The van der Waals surface area contributed by atoms with Gasteiger partial charge in [-0.1, -0.05) is 24.3 Å². The van der Waals surface area contributed by atoms with Gasteiger partial charge >= 0.3 is 17.7 Å². The normalized spacial score (nSPS) is 15.0. The number of rotatable bonds is 14. The Morgan fingerprint density at radius 1 is 1.17 bits per heavy atom. The molecule has 1 saturated heterocycles. The van der Waals surface area contributed by atoms with E-state index in [0.29, 0.717) is 17.8 Å². The van der Waals surface area contributed by atoms with E-state index in [2.05, 4.69) is 20.3 Å². The smallest absolute Gasteiger partial charge is 0.328 e. The highest BCUT2D eigenvalue weighted by Crippen LogP contribution is 2.25. The number of nitrogen functional groups attached to an aromatic ring is 1. The predicted octanol–water partition coefficient (Wildman–Crippen LogP) is -0.273. The van der Waals surface area contributed by atoms with Crippen LogP contribution in [0.1, 0.15) is 24.0 Å². The minimum atomic E-state index is -1.10. The molecule has 15 nitrogen and oxygen atoms in total. The summed E-state index contributed by atoms with van der Waals surface area (Å²) in [5, 5.41) is 10.8. The van der Waals surface area contributed by atoms with Crippen molar-refractivity contribution in [1.29, 1.82) is 0 Å². The number of nitrogens with zero attached hydrogens (tertiary/aromatic N) is 4. The molecule has 0 bridgehead atoms. The monoisotopic (exact) mass is 587 g/mol. The van der Waals surface area contributed by atoms with E-state index < -0.39 is 28.7 Å². The van der Waals surface area contributed by atoms with Crippen LogP contribution in [0.4, 0.5) is 5.82 Å². The number of nitrogens with two attached hydrogens (primary N) is 1. The number of methoxy groups -OCH3 is 1. The average molecular weight is 588 g/mol. The van der Waals surface area contributed by atoms with Crippen LogP contribution in [0.3, 0.4) is 0 Å². The van der Waals surface area contributed by atoms with Crippen molar-refractivity contribution in [1.82, 2.24) is 29.7 Å². The molecule has 218 valence electrons. The first-order valence-corrected chi connectivity index (χ1v) is 13.6. The summed E-state index contributed by atoms with van der Waals surface area (Å²) in [6, 6.07) is 7.28. The SMILES string of the molecule is COCCOc1nc(N)c2[nH]c(=O)n(Cc3ccc(CNC(=O)CSC4CC(=O)N(CCC(=O)O)C4=O)cc3)c2n1. The number of aliphatic carboxylic acids is 1. The lowest BCUT2D eigenvalue weighted by Gasteiger charge is -2.13. The van der Waals surface area contributed by atoms with Gasteiger partial charge in [-0.3, -0.25) is 28.6 Å². The summed E-state index contributed by atoms with van der Waals surface area (Å²) in [5.74, 6) is -2.26. The zero-order valence-electron chi connectivity index (χ0n) is 22.1. The Balaban J connectivity index is 1.30. The van der Waals surface area contributed by atoms with Crippen molar-refractivity contribution in [2.45, 2.75) is 31.2 Å². The van der Waals surface area contributed by atoms with E-state index in [1.165, 1.54) is 11.7 Å². The number of hydrogen-bond acceptors (Lipinski definition) is 11. The molecule has 41 heavy (non-hydrogen) atoms. The maximum Gasteiger partial charge on any atom is 0.328 e. The molecule has 1 unspecified atom stereocenters. The number of H-pyrrole nitrogens is 1. The van der Waals surface area contributed by atoms with Crippen LogP contribution in [0.15, 0.2) is 29.1 Å². The van der Waals surface area contributed by atoms with Crippen molar-refractivity contribution < 1.29 is 33.8 Å². The molecule has 1 atom stereocenters. The fourth-order valence-electron chi connectivity index (χ4n) is 4.06. The number of anilines is 1. The van der Waals surface area contributed by atoms with E-state index in [4.69, 9.17) is 20.3 Å². The maximum atomic E-state index is 12.6. The Kier molecular flexibility index (Phi) is 9.57. The Morgan fingerprint density at radius 3 is 2.61 bits per heavy atom. The summed E-state index contributed by atoms with van der Waals surface area (Å²) in [4.78, 5) is 72.0. The van der Waals surface area contributed by atoms with Gasteiger partial charge in [0.15, 0.2) is 11.5 Å². The van der Waals surface area contributed by atoms with E-state index >= 15 is 0 Å². The third kappa shape index (κ3) is 7.40. The van der Waals surface area contributed by atoms with Crippen LogP contribution in [0.5, 0.6) is 6.01 Å². The highest BCUT2D eigenvalue weighted by atomic mass is 32.2. The topological polar surface area (TPSA) is 212 Å². The van der Waals surface area contributed by atoms with Crippen LogP contribution in [-0.2, 0) is 37.0 Å². The lowest BCUT2D eigenvalue weighted by molar-refractivity contribution is -0.141. The largest absolute Gasteiger partial charge is 0.481 e. The van der Waals surface area contributed by atoms with Crippen LogP contribution < -0.4 is 21.5 Å². The summed E-state index contributed by atoms with van der Waals surface area (Å²) in [6.07, 6.45) is -0.376. The number of fused-ring (bicyclic) bond motifs is 1. The number of ether oxygens (including phenoxy) is 2. The summed E-state index contributed by atoms with van der Waals surface area (Å²) >= 11 is 1.05. The van der Waals surface area contributed by atoms with E-state index in [1.807, 2.05) is 24.3 Å². The van der Waals surface area contributed by atoms with Gasteiger partial charge in [0, 0.05) is 26.6 Å². The lowest BCUT2D eigenvalue weighted by atomic mass is 10.1. The second-order valence-corrected chi connectivity index (χ2v) is 10.3. The number of imidazole rings is 1. The molecule has 4 rings (SSSR count). The second kappa shape index (κ2) is 13.3. The van der Waals surface area contributed by atoms with Gasteiger partial charge in [-0.2, -0.15) is 9.97 Å². The van der Waals surface area contributed by atoms with Crippen LogP contribution in [0.25, 0.3) is 11.2 Å². The van der Waals surface area contributed by atoms with Crippen molar-refractivity contribution in [2.24, 2.45) is 0 Å². The van der Waals surface area contributed by atoms with Gasteiger partial charge in [-0.05, 0) is 11.1 Å². The Bertz CT molecular complexity index is 1500. The first kappa shape index (κ1) is 29.5. The number of amides is 3. The maximum absolute atomic E-state index is 12.6. The van der Waals surface area contributed by atoms with E-state index in [9.17, 15) is 24.0 Å². The molecule has 2 aromatic heterocycles. The number of aromatic nitrogens is 4. The number of thioether (sulfide) groups is 1. The van der Waals surface area contributed by atoms with Crippen molar-refractivity contribution in [3.63, 3.8) is 0 Å². The molecule has 16 heteroatoms. The molecule has 1 aromatic carbocycles. The molecule has 1 aliphatic rings. The van der Waals surface area contributed by atoms with Crippen molar-refractivity contribution in [2.75, 3.05) is 38.4 Å². The number of benzene rings is 1. The molecule has 0 spiro atoms. The minimum absolute atomic E-state index is 0.0276. The summed E-state index contributed by atoms with van der Waals surface area (Å²) in [6.45, 7) is 0.823. The third-order valence-corrected chi connectivity index (χ3v) is 7.37. The average Bonchev–Trinajstić information content (AvgIpc) is 3.40. The molecule has 1 fully saturated rings. The number of hydrogen-bond donors (Lipinski definition) is 4. The highest BCUT2D eigenvalue weighted by Gasteiger charge is 2.39. The van der Waals surface area contributed by atoms with Gasteiger partial charge in [-0.15, -0.1) is 11.8 Å². The van der Waals surface area contributed by atoms with Crippen LogP contribution in [0.2, 0.25) is 0 Å². The first-order valence-electron chi connectivity index (χ1n) is 12.6. The quantitative estimate of drug-likeness (QED) is 0.142. The third-order valence-electron chi connectivity index (χ3n) is 6.17. The number of carbonyl (C=O) groups is 4. The molecular weight excluding hydrogens is 558 g/mol. The molecule has 3 amide bonds. The van der Waals surface area contributed by atoms with E-state index in [1.54, 1.807) is 0 Å². The van der Waals surface area contributed by atoms with Crippen molar-refractivity contribution >= 4 is 52.4 Å². The summed E-state index contributed by atoms with van der Waals surface area (Å²) < 4.78 is 11.8. The predicted molar refractivity (Wildman–Crippen MR) is 147 cm³/mol. The standard InChI is InChI=1S/C25H29N7O8S/c1-39-8-9-40-24-29-21(26)20-22(30-24)32(25(38)28-20)12-15-4-2-14(3-5-15)11-27-17(33)13-41-16-10-18(34)31(23(16)37)7-6-19(35)36/h2-5,16H,6-13H2,1H3,(H,27,33)(H,28,38)(H,35,36)(H2,26,29,30). The van der Waals surface area contributed by atoms with E-state index in [-0.39, 0.29) is 62.6 Å². The van der Waals surface area contributed by atoms with Crippen LogP contribution in [-0.4, -0.2) is 91.1 Å². The van der Waals surface area contributed by atoms with Crippen LogP contribution >= 0.6 is 11.8 Å². The van der Waals surface area contributed by atoms with Gasteiger partial charge in [0.05, 0.1) is 30.6 Å². The van der Waals surface area contributed by atoms with Gasteiger partial charge in [0.2, 0.25) is 17.7 Å². The zero-order chi connectivity index (χ0) is 29.5. The molecule has 5 N–H and O–H groups in total. The molecular formula is C25H29N7O8S.